The lowest BCUT2D eigenvalue weighted by molar-refractivity contribution is -0.134. The molecule has 0 atom stereocenters. The quantitative estimate of drug-likeness (QED) is 0.854. The molecule has 6 nitrogen and oxygen atoms in total. The lowest BCUT2D eigenvalue weighted by Gasteiger charge is -2.26. The highest BCUT2D eigenvalue weighted by atomic mass is 16.5. The van der Waals surface area contributed by atoms with Crippen LogP contribution in [0.3, 0.4) is 0 Å². The summed E-state index contributed by atoms with van der Waals surface area (Å²) in [6.07, 6.45) is 0.162. The van der Waals surface area contributed by atoms with Crippen molar-refractivity contribution in [3.63, 3.8) is 0 Å². The van der Waals surface area contributed by atoms with Gasteiger partial charge in [-0.25, -0.2) is 0 Å². The van der Waals surface area contributed by atoms with Gasteiger partial charge in [0.05, 0.1) is 19.6 Å². The van der Waals surface area contributed by atoms with Crippen molar-refractivity contribution < 1.29 is 14.1 Å². The van der Waals surface area contributed by atoms with Crippen molar-refractivity contribution >= 4 is 5.91 Å². The summed E-state index contributed by atoms with van der Waals surface area (Å²) in [7, 11) is 0. The largest absolute Gasteiger partial charge is 0.378 e. The highest BCUT2D eigenvalue weighted by Crippen LogP contribution is 2.21. The van der Waals surface area contributed by atoms with Gasteiger partial charge in [-0.1, -0.05) is 23.4 Å². The van der Waals surface area contributed by atoms with E-state index in [0.29, 0.717) is 38.0 Å². The van der Waals surface area contributed by atoms with E-state index in [4.69, 9.17) is 9.26 Å². The number of aromatic nitrogens is 2. The van der Waals surface area contributed by atoms with Crippen molar-refractivity contribution in [3.8, 4) is 11.5 Å². The molecule has 0 bridgehead atoms. The Balaban J connectivity index is 1.70. The number of morpholine rings is 1. The Morgan fingerprint density at radius 2 is 2.05 bits per heavy atom. The van der Waals surface area contributed by atoms with Crippen LogP contribution < -0.4 is 0 Å². The standard InChI is InChI=1S/C15H17N3O3/c1-11-4-2-3-5-12(11)15-16-13(17-21-15)10-14(19)18-6-8-20-9-7-18/h2-5H,6-10H2,1H3. The minimum absolute atomic E-state index is 0.00966. The molecule has 1 amide bonds. The minimum Gasteiger partial charge on any atom is -0.378 e. The fraction of sp³-hybridized carbons (Fsp3) is 0.400. The first kappa shape index (κ1) is 13.8. The smallest absolute Gasteiger partial charge is 0.258 e. The van der Waals surface area contributed by atoms with Gasteiger partial charge >= 0.3 is 0 Å². The van der Waals surface area contributed by atoms with Crippen LogP contribution in [-0.2, 0) is 16.0 Å². The predicted octanol–water partition coefficient (Wildman–Crippen LogP) is 1.45. The summed E-state index contributed by atoms with van der Waals surface area (Å²) in [6, 6.07) is 7.79. The zero-order valence-electron chi connectivity index (χ0n) is 11.9. The second kappa shape index (κ2) is 6.05. The van der Waals surface area contributed by atoms with Crippen molar-refractivity contribution in [1.29, 1.82) is 0 Å². The molecule has 0 spiro atoms. The number of carbonyl (C=O) groups excluding carboxylic acids is 1. The maximum Gasteiger partial charge on any atom is 0.258 e. The first-order valence-electron chi connectivity index (χ1n) is 6.98. The minimum atomic E-state index is 0.00966. The molecule has 1 aromatic carbocycles. The molecule has 1 aromatic heterocycles. The first-order chi connectivity index (χ1) is 10.2. The predicted molar refractivity (Wildman–Crippen MR) is 75.6 cm³/mol. The van der Waals surface area contributed by atoms with Gasteiger partial charge in [0.1, 0.15) is 0 Å². The topological polar surface area (TPSA) is 68.5 Å². The fourth-order valence-electron chi connectivity index (χ4n) is 2.31. The average Bonchev–Trinajstić information content (AvgIpc) is 2.97. The van der Waals surface area contributed by atoms with E-state index >= 15 is 0 Å². The summed E-state index contributed by atoms with van der Waals surface area (Å²) < 4.78 is 10.5. The van der Waals surface area contributed by atoms with E-state index in [1.807, 2.05) is 31.2 Å². The summed E-state index contributed by atoms with van der Waals surface area (Å²) in [5.74, 6) is 0.887. The molecule has 2 aromatic rings. The number of benzene rings is 1. The summed E-state index contributed by atoms with van der Waals surface area (Å²) in [5, 5.41) is 3.90. The molecule has 0 N–H and O–H groups in total. The number of ether oxygens (including phenoxy) is 1. The van der Waals surface area contributed by atoms with Gasteiger partial charge in [0, 0.05) is 18.7 Å². The normalized spacial score (nSPS) is 15.2. The molecule has 1 saturated heterocycles. The summed E-state index contributed by atoms with van der Waals surface area (Å²) >= 11 is 0. The average molecular weight is 287 g/mol. The van der Waals surface area contributed by atoms with Crippen LogP contribution in [0.2, 0.25) is 0 Å². The molecule has 0 saturated carbocycles. The second-order valence-corrected chi connectivity index (χ2v) is 5.00. The van der Waals surface area contributed by atoms with Gasteiger partial charge in [-0.3, -0.25) is 4.79 Å². The molecule has 3 rings (SSSR count). The lowest BCUT2D eigenvalue weighted by atomic mass is 10.1. The highest BCUT2D eigenvalue weighted by molar-refractivity contribution is 5.78. The number of nitrogens with zero attached hydrogens (tertiary/aromatic N) is 3. The Hall–Kier alpha value is -2.21. The van der Waals surface area contributed by atoms with Crippen LogP contribution in [0.4, 0.5) is 0 Å². The van der Waals surface area contributed by atoms with Gasteiger partial charge in [-0.05, 0) is 18.6 Å². The number of hydrogen-bond donors (Lipinski definition) is 0. The third-order valence-electron chi connectivity index (χ3n) is 3.52. The highest BCUT2D eigenvalue weighted by Gasteiger charge is 2.20. The Kier molecular flexibility index (Phi) is 3.96. The van der Waals surface area contributed by atoms with Gasteiger partial charge in [0.15, 0.2) is 5.82 Å². The summed E-state index contributed by atoms with van der Waals surface area (Å²) in [4.78, 5) is 18.2. The fourth-order valence-corrected chi connectivity index (χ4v) is 2.31. The number of aryl methyl sites for hydroxylation is 1. The number of amides is 1. The van der Waals surface area contributed by atoms with E-state index in [1.54, 1.807) is 4.90 Å². The van der Waals surface area contributed by atoms with Gasteiger partial charge < -0.3 is 14.2 Å². The summed E-state index contributed by atoms with van der Waals surface area (Å²) in [6.45, 7) is 4.42. The number of rotatable bonds is 3. The van der Waals surface area contributed by atoms with Gasteiger partial charge in [0.2, 0.25) is 5.91 Å². The van der Waals surface area contributed by atoms with E-state index in [-0.39, 0.29) is 12.3 Å². The molecular weight excluding hydrogens is 270 g/mol. The van der Waals surface area contributed by atoms with Crippen LogP contribution in [0, 0.1) is 6.92 Å². The molecule has 21 heavy (non-hydrogen) atoms. The van der Waals surface area contributed by atoms with Crippen molar-refractivity contribution in [2.75, 3.05) is 26.3 Å². The van der Waals surface area contributed by atoms with Crippen LogP contribution >= 0.6 is 0 Å². The molecule has 0 radical (unpaired) electrons. The Morgan fingerprint density at radius 3 is 2.81 bits per heavy atom. The molecule has 0 aliphatic carbocycles. The molecule has 6 heteroatoms. The maximum absolute atomic E-state index is 12.1. The van der Waals surface area contributed by atoms with E-state index in [0.717, 1.165) is 11.1 Å². The van der Waals surface area contributed by atoms with Crippen LogP contribution in [0.15, 0.2) is 28.8 Å². The SMILES string of the molecule is Cc1ccccc1-c1nc(CC(=O)N2CCOCC2)no1. The second-order valence-electron chi connectivity index (χ2n) is 5.00. The lowest BCUT2D eigenvalue weighted by Crippen LogP contribution is -2.41. The zero-order chi connectivity index (χ0) is 14.7. The zero-order valence-corrected chi connectivity index (χ0v) is 11.9. The van der Waals surface area contributed by atoms with Crippen molar-refractivity contribution in [2.24, 2.45) is 0 Å². The molecule has 2 heterocycles. The van der Waals surface area contributed by atoms with E-state index < -0.39 is 0 Å². The monoisotopic (exact) mass is 287 g/mol. The van der Waals surface area contributed by atoms with Crippen LogP contribution in [0.5, 0.6) is 0 Å². The van der Waals surface area contributed by atoms with Crippen LogP contribution in [-0.4, -0.2) is 47.3 Å². The van der Waals surface area contributed by atoms with Crippen LogP contribution in [0.25, 0.3) is 11.5 Å². The first-order valence-corrected chi connectivity index (χ1v) is 6.98. The third kappa shape index (κ3) is 3.11. The van der Waals surface area contributed by atoms with E-state index in [9.17, 15) is 4.79 Å². The number of carbonyl (C=O) groups is 1. The van der Waals surface area contributed by atoms with Crippen molar-refractivity contribution in [2.45, 2.75) is 13.3 Å². The van der Waals surface area contributed by atoms with Gasteiger partial charge in [-0.2, -0.15) is 4.98 Å². The molecule has 0 unspecified atom stereocenters. The van der Waals surface area contributed by atoms with Gasteiger partial charge in [-0.15, -0.1) is 0 Å². The Bertz CT molecular complexity index is 633. The molecular formula is C15H17N3O3. The Labute approximate surface area is 122 Å². The van der Waals surface area contributed by atoms with E-state index in [1.165, 1.54) is 0 Å². The van der Waals surface area contributed by atoms with Gasteiger partial charge in [0.25, 0.3) is 5.89 Å². The molecule has 1 fully saturated rings. The van der Waals surface area contributed by atoms with Crippen LogP contribution in [0.1, 0.15) is 11.4 Å². The number of hydrogen-bond acceptors (Lipinski definition) is 5. The third-order valence-corrected chi connectivity index (χ3v) is 3.52. The molecule has 1 aliphatic rings. The van der Waals surface area contributed by atoms with Crippen molar-refractivity contribution in [1.82, 2.24) is 15.0 Å². The summed E-state index contributed by atoms with van der Waals surface area (Å²) in [5.41, 5.74) is 1.96. The molecule has 110 valence electrons. The Morgan fingerprint density at radius 1 is 1.29 bits per heavy atom. The van der Waals surface area contributed by atoms with Crippen molar-refractivity contribution in [3.05, 3.63) is 35.7 Å². The molecule has 1 aliphatic heterocycles. The maximum atomic E-state index is 12.1. The van der Waals surface area contributed by atoms with E-state index in [2.05, 4.69) is 10.1 Å².